The number of carbonyl (C=O) groups is 1. The standard InChI is InChI=1S/C17H25N3O3S/c21-17(13-16-7-4-8-18-16)19-9-11-20(12-10-19)24(22,23)14-15-5-2-1-3-6-15/h1-3,5-6,16,18H,4,7-14H2. The smallest absolute Gasteiger partial charge is 0.224 e. The van der Waals surface area contributed by atoms with Crippen LogP contribution in [0.15, 0.2) is 30.3 Å². The van der Waals surface area contributed by atoms with E-state index in [0.29, 0.717) is 32.6 Å². The lowest BCUT2D eigenvalue weighted by molar-refractivity contribution is -0.132. The molecule has 1 aromatic rings. The average molecular weight is 351 g/mol. The van der Waals surface area contributed by atoms with E-state index in [9.17, 15) is 13.2 Å². The van der Waals surface area contributed by atoms with E-state index in [-0.39, 0.29) is 17.7 Å². The maximum absolute atomic E-state index is 12.5. The van der Waals surface area contributed by atoms with Crippen molar-refractivity contribution in [2.24, 2.45) is 0 Å². The molecular weight excluding hydrogens is 326 g/mol. The molecule has 0 aliphatic carbocycles. The number of amides is 1. The molecule has 2 saturated heterocycles. The average Bonchev–Trinajstić information content (AvgIpc) is 3.08. The summed E-state index contributed by atoms with van der Waals surface area (Å²) in [6.45, 7) is 2.74. The number of carbonyl (C=O) groups excluding carboxylic acids is 1. The highest BCUT2D eigenvalue weighted by Crippen LogP contribution is 2.16. The first-order chi connectivity index (χ1) is 11.5. The predicted octanol–water partition coefficient (Wildman–Crippen LogP) is 0.803. The van der Waals surface area contributed by atoms with Crippen molar-refractivity contribution in [3.8, 4) is 0 Å². The van der Waals surface area contributed by atoms with Crippen molar-refractivity contribution in [3.05, 3.63) is 35.9 Å². The van der Waals surface area contributed by atoms with E-state index in [1.165, 1.54) is 4.31 Å². The van der Waals surface area contributed by atoms with Gasteiger partial charge in [-0.25, -0.2) is 8.42 Å². The molecule has 0 saturated carbocycles. The Hall–Kier alpha value is -1.44. The summed E-state index contributed by atoms with van der Waals surface area (Å²) in [4.78, 5) is 14.1. The van der Waals surface area contributed by atoms with Crippen molar-refractivity contribution < 1.29 is 13.2 Å². The Morgan fingerprint density at radius 1 is 1.12 bits per heavy atom. The number of nitrogens with one attached hydrogen (secondary N) is 1. The zero-order valence-electron chi connectivity index (χ0n) is 13.9. The van der Waals surface area contributed by atoms with Crippen LogP contribution in [-0.2, 0) is 20.6 Å². The lowest BCUT2D eigenvalue weighted by atomic mass is 10.1. The Balaban J connectivity index is 1.51. The fraction of sp³-hybridized carbons (Fsp3) is 0.588. The molecular formula is C17H25N3O3S. The highest BCUT2D eigenvalue weighted by molar-refractivity contribution is 7.88. The Bertz CT molecular complexity index is 649. The predicted molar refractivity (Wildman–Crippen MR) is 92.9 cm³/mol. The Morgan fingerprint density at radius 3 is 2.46 bits per heavy atom. The molecule has 0 spiro atoms. The van der Waals surface area contributed by atoms with Gasteiger partial charge in [-0.05, 0) is 24.9 Å². The van der Waals surface area contributed by atoms with Gasteiger partial charge in [0, 0.05) is 38.6 Å². The van der Waals surface area contributed by atoms with E-state index in [1.807, 2.05) is 30.3 Å². The Morgan fingerprint density at radius 2 is 1.83 bits per heavy atom. The van der Waals surface area contributed by atoms with Crippen LogP contribution >= 0.6 is 0 Å². The third-order valence-electron chi connectivity index (χ3n) is 4.76. The first kappa shape index (κ1) is 17.4. The number of hydrogen-bond acceptors (Lipinski definition) is 4. The van der Waals surface area contributed by atoms with Gasteiger partial charge in [0.1, 0.15) is 0 Å². The van der Waals surface area contributed by atoms with Crippen LogP contribution in [-0.4, -0.2) is 62.3 Å². The summed E-state index contributed by atoms with van der Waals surface area (Å²) in [5, 5.41) is 3.33. The van der Waals surface area contributed by atoms with Gasteiger partial charge in [-0.1, -0.05) is 30.3 Å². The summed E-state index contributed by atoms with van der Waals surface area (Å²) < 4.78 is 26.6. The monoisotopic (exact) mass is 351 g/mol. The fourth-order valence-corrected chi connectivity index (χ4v) is 4.88. The molecule has 2 fully saturated rings. The van der Waals surface area contributed by atoms with Gasteiger partial charge in [-0.2, -0.15) is 4.31 Å². The molecule has 2 aliphatic rings. The molecule has 24 heavy (non-hydrogen) atoms. The van der Waals surface area contributed by atoms with Crippen molar-refractivity contribution in [2.75, 3.05) is 32.7 Å². The van der Waals surface area contributed by atoms with Gasteiger partial charge < -0.3 is 10.2 Å². The molecule has 1 unspecified atom stereocenters. The van der Waals surface area contributed by atoms with E-state index in [2.05, 4.69) is 5.32 Å². The van der Waals surface area contributed by atoms with Crippen LogP contribution in [0.2, 0.25) is 0 Å². The quantitative estimate of drug-likeness (QED) is 0.852. The second kappa shape index (κ2) is 7.63. The summed E-state index contributed by atoms with van der Waals surface area (Å²) in [6.07, 6.45) is 2.71. The van der Waals surface area contributed by atoms with Crippen molar-refractivity contribution in [1.82, 2.24) is 14.5 Å². The molecule has 1 aromatic carbocycles. The van der Waals surface area contributed by atoms with Crippen LogP contribution in [0.3, 0.4) is 0 Å². The molecule has 1 N–H and O–H groups in total. The minimum absolute atomic E-state index is 0.0216. The van der Waals surface area contributed by atoms with E-state index in [4.69, 9.17) is 0 Å². The van der Waals surface area contributed by atoms with Crippen LogP contribution in [0, 0.1) is 0 Å². The number of nitrogens with zero attached hydrogens (tertiary/aromatic N) is 2. The summed E-state index contributed by atoms with van der Waals surface area (Å²) in [5.74, 6) is 0.155. The van der Waals surface area contributed by atoms with Crippen LogP contribution in [0.5, 0.6) is 0 Å². The molecule has 1 atom stereocenters. The molecule has 2 aliphatic heterocycles. The maximum Gasteiger partial charge on any atom is 0.224 e. The van der Waals surface area contributed by atoms with Crippen molar-refractivity contribution in [3.63, 3.8) is 0 Å². The first-order valence-electron chi connectivity index (χ1n) is 8.57. The normalized spacial score (nSPS) is 22.7. The molecule has 2 heterocycles. The van der Waals surface area contributed by atoms with Gasteiger partial charge >= 0.3 is 0 Å². The van der Waals surface area contributed by atoms with E-state index < -0.39 is 10.0 Å². The molecule has 0 aromatic heterocycles. The maximum atomic E-state index is 12.5. The molecule has 6 nitrogen and oxygen atoms in total. The van der Waals surface area contributed by atoms with Crippen LogP contribution in [0.25, 0.3) is 0 Å². The van der Waals surface area contributed by atoms with Gasteiger partial charge in [0.25, 0.3) is 0 Å². The van der Waals surface area contributed by atoms with E-state index in [0.717, 1.165) is 24.9 Å². The van der Waals surface area contributed by atoms with Gasteiger partial charge in [0.2, 0.25) is 15.9 Å². The number of sulfonamides is 1. The molecule has 1 amide bonds. The number of piperazine rings is 1. The topological polar surface area (TPSA) is 69.7 Å². The van der Waals surface area contributed by atoms with Crippen LogP contribution < -0.4 is 5.32 Å². The van der Waals surface area contributed by atoms with Crippen molar-refractivity contribution >= 4 is 15.9 Å². The fourth-order valence-electron chi connectivity index (χ4n) is 3.36. The zero-order valence-corrected chi connectivity index (χ0v) is 14.7. The second-order valence-electron chi connectivity index (χ2n) is 6.52. The molecule has 7 heteroatoms. The lowest BCUT2D eigenvalue weighted by Gasteiger charge is -2.34. The first-order valence-corrected chi connectivity index (χ1v) is 10.2. The number of hydrogen-bond donors (Lipinski definition) is 1. The molecule has 0 radical (unpaired) electrons. The third kappa shape index (κ3) is 4.34. The highest BCUT2D eigenvalue weighted by atomic mass is 32.2. The minimum Gasteiger partial charge on any atom is -0.340 e. The minimum atomic E-state index is -3.32. The van der Waals surface area contributed by atoms with Gasteiger partial charge in [0.05, 0.1) is 5.75 Å². The number of benzene rings is 1. The van der Waals surface area contributed by atoms with Gasteiger partial charge in [-0.15, -0.1) is 0 Å². The summed E-state index contributed by atoms with van der Waals surface area (Å²) in [7, 11) is -3.32. The zero-order chi connectivity index (χ0) is 17.0. The summed E-state index contributed by atoms with van der Waals surface area (Å²) in [6, 6.07) is 9.51. The molecule has 3 rings (SSSR count). The lowest BCUT2D eigenvalue weighted by Crippen LogP contribution is -2.51. The summed E-state index contributed by atoms with van der Waals surface area (Å²) >= 11 is 0. The second-order valence-corrected chi connectivity index (χ2v) is 8.49. The summed E-state index contributed by atoms with van der Waals surface area (Å²) in [5.41, 5.74) is 0.795. The Kier molecular flexibility index (Phi) is 5.53. The van der Waals surface area contributed by atoms with Gasteiger partial charge in [0.15, 0.2) is 0 Å². The largest absolute Gasteiger partial charge is 0.340 e. The van der Waals surface area contributed by atoms with Crippen molar-refractivity contribution in [2.45, 2.75) is 31.1 Å². The molecule has 132 valence electrons. The van der Waals surface area contributed by atoms with E-state index >= 15 is 0 Å². The SMILES string of the molecule is O=C(CC1CCCN1)N1CCN(S(=O)(=O)Cc2ccccc2)CC1. The van der Waals surface area contributed by atoms with Crippen molar-refractivity contribution in [1.29, 1.82) is 0 Å². The molecule has 0 bridgehead atoms. The van der Waals surface area contributed by atoms with Gasteiger partial charge in [-0.3, -0.25) is 4.79 Å². The van der Waals surface area contributed by atoms with Crippen LogP contribution in [0.1, 0.15) is 24.8 Å². The third-order valence-corrected chi connectivity index (χ3v) is 6.61. The van der Waals surface area contributed by atoms with Crippen LogP contribution in [0.4, 0.5) is 0 Å². The Labute approximate surface area is 143 Å². The highest BCUT2D eigenvalue weighted by Gasteiger charge is 2.30. The number of rotatable bonds is 5. The van der Waals surface area contributed by atoms with E-state index in [1.54, 1.807) is 4.90 Å².